The number of aryl methyl sites for hydroxylation is 2. The normalized spacial score (nSPS) is 11.5. The predicted molar refractivity (Wildman–Crippen MR) is 122 cm³/mol. The zero-order valence-electron chi connectivity index (χ0n) is 17.8. The molecule has 0 radical (unpaired) electrons. The molecule has 0 fully saturated rings. The minimum absolute atomic E-state index is 0.241. The number of methoxy groups -OCH3 is 1. The van der Waals surface area contributed by atoms with E-state index in [0.717, 1.165) is 5.56 Å². The number of benzene rings is 2. The van der Waals surface area contributed by atoms with E-state index in [4.69, 9.17) is 27.9 Å². The van der Waals surface area contributed by atoms with Crippen LogP contribution in [0.15, 0.2) is 36.4 Å². The van der Waals surface area contributed by atoms with Gasteiger partial charge in [0.05, 0.1) is 28.3 Å². The molecular weight excluding hydrogens is 439 g/mol. The zero-order valence-corrected chi connectivity index (χ0v) is 19.3. The Bertz CT molecular complexity index is 922. The Morgan fingerprint density at radius 2 is 1.45 bits per heavy atom. The molecule has 2 N–H and O–H groups in total. The van der Waals surface area contributed by atoms with Crippen LogP contribution in [-0.4, -0.2) is 37.5 Å². The molecule has 0 heterocycles. The molecule has 8 heteroatoms. The van der Waals surface area contributed by atoms with Gasteiger partial charge >= 0.3 is 5.97 Å². The molecule has 2 rings (SSSR count). The van der Waals surface area contributed by atoms with Gasteiger partial charge in [-0.25, -0.2) is 4.79 Å². The third-order valence-electron chi connectivity index (χ3n) is 4.89. The van der Waals surface area contributed by atoms with Gasteiger partial charge in [-0.2, -0.15) is 0 Å². The van der Waals surface area contributed by atoms with Crippen molar-refractivity contribution in [3.05, 3.63) is 68.7 Å². The summed E-state index contributed by atoms with van der Waals surface area (Å²) in [6.45, 7) is 4.01. The minimum atomic E-state index is -0.810. The molecule has 1 atom stereocenters. The van der Waals surface area contributed by atoms with Gasteiger partial charge in [-0.15, -0.1) is 0 Å². The summed E-state index contributed by atoms with van der Waals surface area (Å²) in [6, 6.07) is 9.63. The fourth-order valence-electron chi connectivity index (χ4n) is 3.22. The fraction of sp³-hybridized carbons (Fsp3) is 0.348. The van der Waals surface area contributed by atoms with Crippen molar-refractivity contribution in [1.29, 1.82) is 0 Å². The maximum atomic E-state index is 12.6. The van der Waals surface area contributed by atoms with Crippen molar-refractivity contribution in [2.75, 3.05) is 13.7 Å². The van der Waals surface area contributed by atoms with Crippen molar-refractivity contribution in [1.82, 2.24) is 10.6 Å². The van der Waals surface area contributed by atoms with Crippen molar-refractivity contribution >= 4 is 41.0 Å². The van der Waals surface area contributed by atoms with E-state index in [1.807, 2.05) is 13.0 Å². The Kier molecular flexibility index (Phi) is 9.34. The van der Waals surface area contributed by atoms with E-state index in [-0.39, 0.29) is 5.91 Å². The molecule has 166 valence electrons. The van der Waals surface area contributed by atoms with Crippen LogP contribution >= 0.6 is 23.2 Å². The van der Waals surface area contributed by atoms with Crippen molar-refractivity contribution in [3.63, 3.8) is 0 Å². The predicted octanol–water partition coefficient (Wildman–Crippen LogP) is 4.48. The number of amides is 2. The largest absolute Gasteiger partial charge is 0.467 e. The second kappa shape index (κ2) is 11.7. The molecule has 2 aromatic carbocycles. The summed E-state index contributed by atoms with van der Waals surface area (Å²) in [4.78, 5) is 37.1. The Morgan fingerprint density at radius 3 is 1.97 bits per heavy atom. The summed E-state index contributed by atoms with van der Waals surface area (Å²) < 4.78 is 4.82. The first-order chi connectivity index (χ1) is 14.8. The summed E-state index contributed by atoms with van der Waals surface area (Å²) in [5.74, 6) is -1.20. The Balaban J connectivity index is 1.89. The van der Waals surface area contributed by atoms with Gasteiger partial charge in [0.1, 0.15) is 6.04 Å². The zero-order chi connectivity index (χ0) is 23.0. The third-order valence-corrected chi connectivity index (χ3v) is 5.52. The van der Waals surface area contributed by atoms with Crippen LogP contribution in [0.4, 0.5) is 0 Å². The van der Waals surface area contributed by atoms with E-state index in [9.17, 15) is 14.4 Å². The molecule has 0 aromatic heterocycles. The summed E-state index contributed by atoms with van der Waals surface area (Å²) in [5.41, 5.74) is 2.30. The van der Waals surface area contributed by atoms with Crippen LogP contribution in [0.25, 0.3) is 0 Å². The van der Waals surface area contributed by atoms with E-state index >= 15 is 0 Å². The Morgan fingerprint density at radius 1 is 0.903 bits per heavy atom. The first kappa shape index (κ1) is 24.7. The quantitative estimate of drug-likeness (QED) is 0.423. The van der Waals surface area contributed by atoms with E-state index < -0.39 is 17.9 Å². The number of halogens is 2. The summed E-state index contributed by atoms with van der Waals surface area (Å²) in [5, 5.41) is 6.26. The highest BCUT2D eigenvalue weighted by Crippen LogP contribution is 2.20. The highest BCUT2D eigenvalue weighted by atomic mass is 35.5. The number of nitrogens with one attached hydrogen (secondary N) is 2. The standard InChI is InChI=1S/C23H26Cl2N2O4/c1-14-8-6-10-16(24)19(14)21(28)26-13-5-4-12-18(23(30)31-3)27-22(29)20-15(2)9-7-11-17(20)25/h6-11,18H,4-5,12-13H2,1-3H3,(H,26,28)(H,27,29)/t18-/m0/s1. The lowest BCUT2D eigenvalue weighted by Crippen LogP contribution is -2.42. The molecule has 0 saturated carbocycles. The van der Waals surface area contributed by atoms with Gasteiger partial charge in [0.15, 0.2) is 0 Å². The van der Waals surface area contributed by atoms with Crippen LogP contribution in [0.3, 0.4) is 0 Å². The fourth-order valence-corrected chi connectivity index (χ4v) is 3.84. The van der Waals surface area contributed by atoms with Crippen molar-refractivity contribution < 1.29 is 19.1 Å². The maximum absolute atomic E-state index is 12.6. The highest BCUT2D eigenvalue weighted by molar-refractivity contribution is 6.34. The summed E-state index contributed by atoms with van der Waals surface area (Å²) in [6.07, 6.45) is 1.57. The van der Waals surface area contributed by atoms with Crippen LogP contribution in [0.1, 0.15) is 51.1 Å². The summed E-state index contributed by atoms with van der Waals surface area (Å²) >= 11 is 12.3. The van der Waals surface area contributed by atoms with Crippen LogP contribution in [0.2, 0.25) is 10.0 Å². The molecule has 0 unspecified atom stereocenters. The van der Waals surface area contributed by atoms with E-state index in [1.165, 1.54) is 7.11 Å². The van der Waals surface area contributed by atoms with Crippen LogP contribution in [0, 0.1) is 13.8 Å². The van der Waals surface area contributed by atoms with Gasteiger partial charge < -0.3 is 15.4 Å². The molecule has 0 spiro atoms. The summed E-state index contributed by atoms with van der Waals surface area (Å²) in [7, 11) is 1.27. The maximum Gasteiger partial charge on any atom is 0.328 e. The number of rotatable bonds is 9. The number of carbonyl (C=O) groups is 3. The minimum Gasteiger partial charge on any atom is -0.467 e. The van der Waals surface area contributed by atoms with Gasteiger partial charge in [-0.1, -0.05) is 47.5 Å². The van der Waals surface area contributed by atoms with Crippen molar-refractivity contribution in [2.45, 2.75) is 39.2 Å². The Labute approximate surface area is 192 Å². The monoisotopic (exact) mass is 464 g/mol. The smallest absolute Gasteiger partial charge is 0.328 e. The van der Waals surface area contributed by atoms with Crippen LogP contribution < -0.4 is 10.6 Å². The Hall–Kier alpha value is -2.57. The van der Waals surface area contributed by atoms with Gasteiger partial charge in [-0.3, -0.25) is 9.59 Å². The van der Waals surface area contributed by atoms with Gasteiger partial charge in [-0.05, 0) is 56.4 Å². The number of esters is 1. The molecular formula is C23H26Cl2N2O4. The van der Waals surface area contributed by atoms with Crippen molar-refractivity contribution in [3.8, 4) is 0 Å². The molecule has 0 aliphatic rings. The van der Waals surface area contributed by atoms with Crippen LogP contribution in [-0.2, 0) is 9.53 Å². The van der Waals surface area contributed by atoms with Gasteiger partial charge in [0, 0.05) is 6.54 Å². The lowest BCUT2D eigenvalue weighted by molar-refractivity contribution is -0.143. The van der Waals surface area contributed by atoms with Crippen LogP contribution in [0.5, 0.6) is 0 Å². The average Bonchev–Trinajstić information content (AvgIpc) is 2.71. The molecule has 0 aliphatic heterocycles. The molecule has 6 nitrogen and oxygen atoms in total. The van der Waals surface area contributed by atoms with E-state index in [1.54, 1.807) is 37.3 Å². The second-order valence-electron chi connectivity index (χ2n) is 7.16. The highest BCUT2D eigenvalue weighted by Gasteiger charge is 2.23. The number of hydrogen-bond acceptors (Lipinski definition) is 4. The molecule has 2 aromatic rings. The van der Waals surface area contributed by atoms with E-state index in [0.29, 0.717) is 52.5 Å². The number of unbranched alkanes of at least 4 members (excludes halogenated alkanes) is 1. The van der Waals surface area contributed by atoms with E-state index in [2.05, 4.69) is 10.6 Å². The molecule has 0 aliphatic carbocycles. The lowest BCUT2D eigenvalue weighted by Gasteiger charge is -2.18. The van der Waals surface area contributed by atoms with Gasteiger partial charge in [0.2, 0.25) is 0 Å². The molecule has 0 saturated heterocycles. The topological polar surface area (TPSA) is 84.5 Å². The lowest BCUT2D eigenvalue weighted by atomic mass is 10.1. The molecule has 2 amide bonds. The van der Waals surface area contributed by atoms with Gasteiger partial charge in [0.25, 0.3) is 11.8 Å². The number of hydrogen-bond donors (Lipinski definition) is 2. The molecule has 0 bridgehead atoms. The third kappa shape index (κ3) is 6.71. The second-order valence-corrected chi connectivity index (χ2v) is 7.98. The molecule has 31 heavy (non-hydrogen) atoms. The first-order valence-electron chi connectivity index (χ1n) is 9.93. The average molecular weight is 465 g/mol. The number of carbonyl (C=O) groups excluding carboxylic acids is 3. The number of ether oxygens (including phenoxy) is 1. The van der Waals surface area contributed by atoms with Crippen molar-refractivity contribution in [2.24, 2.45) is 0 Å². The SMILES string of the molecule is COC(=O)[C@H](CCCCNC(=O)c1c(C)cccc1Cl)NC(=O)c1c(C)cccc1Cl. The first-order valence-corrected chi connectivity index (χ1v) is 10.7.